The van der Waals surface area contributed by atoms with E-state index in [0.717, 1.165) is 51.9 Å². The second kappa shape index (κ2) is 9.43. The number of unbranched alkanes of at least 4 members (excludes halogenated alkanes) is 1. The molecule has 2 unspecified atom stereocenters. The zero-order valence-corrected chi connectivity index (χ0v) is 16.4. The number of carbonyl (C=O) groups excluding carboxylic acids is 1. The Morgan fingerprint density at radius 3 is 2.64 bits per heavy atom. The summed E-state index contributed by atoms with van der Waals surface area (Å²) in [6, 6.07) is 9.81. The third kappa shape index (κ3) is 4.55. The molecule has 2 fully saturated rings. The number of ether oxygens (including phenoxy) is 1. The molecule has 0 radical (unpaired) electrons. The van der Waals surface area contributed by atoms with E-state index in [1.807, 2.05) is 11.0 Å². The number of fused-ring (bicyclic) bond motifs is 2. The molecule has 2 bridgehead atoms. The van der Waals surface area contributed by atoms with Crippen LogP contribution < -0.4 is 10.1 Å². The van der Waals surface area contributed by atoms with E-state index in [1.54, 1.807) is 18.2 Å². The Kier molecular flexibility index (Phi) is 6.73. The Hall–Kier alpha value is -2.77. The molecule has 0 spiro atoms. The lowest BCUT2D eigenvalue weighted by Gasteiger charge is -2.40. The lowest BCUT2D eigenvalue weighted by Crippen LogP contribution is -2.57. The molecule has 3 rings (SSSR count). The number of carbonyl (C=O) groups is 1. The summed E-state index contributed by atoms with van der Waals surface area (Å²) in [6.45, 7) is 5.63. The topological polar surface area (TPSA) is 92.4 Å². The zero-order valence-electron chi connectivity index (χ0n) is 16.4. The lowest BCUT2D eigenvalue weighted by atomic mass is 10.1. The first-order valence-electron chi connectivity index (χ1n) is 10.0. The van der Waals surface area contributed by atoms with Crippen molar-refractivity contribution < 1.29 is 9.53 Å². The smallest absolute Gasteiger partial charge is 0.317 e. The first kappa shape index (κ1) is 20.0. The van der Waals surface area contributed by atoms with Crippen molar-refractivity contribution in [1.29, 1.82) is 10.5 Å². The van der Waals surface area contributed by atoms with Crippen LogP contribution in [0.1, 0.15) is 43.7 Å². The number of nitrogens with zero attached hydrogens (tertiary/aromatic N) is 4. The van der Waals surface area contributed by atoms with Crippen LogP contribution in [0.25, 0.3) is 0 Å². The fourth-order valence-corrected chi connectivity index (χ4v) is 4.08. The molecule has 7 heteroatoms. The van der Waals surface area contributed by atoms with Crippen LogP contribution in [0.4, 0.5) is 4.79 Å². The molecule has 2 atom stereocenters. The van der Waals surface area contributed by atoms with Gasteiger partial charge in [0.15, 0.2) is 0 Å². The van der Waals surface area contributed by atoms with Crippen LogP contribution in [-0.2, 0) is 0 Å². The monoisotopic (exact) mass is 381 g/mol. The number of benzene rings is 1. The molecule has 0 aromatic heterocycles. The zero-order chi connectivity index (χ0) is 19.9. The van der Waals surface area contributed by atoms with Gasteiger partial charge >= 0.3 is 6.03 Å². The summed E-state index contributed by atoms with van der Waals surface area (Å²) < 4.78 is 5.83. The second-order valence-corrected chi connectivity index (χ2v) is 7.40. The van der Waals surface area contributed by atoms with E-state index < -0.39 is 0 Å². The largest absolute Gasteiger partial charge is 0.491 e. The molecule has 7 nitrogen and oxygen atoms in total. The highest BCUT2D eigenvalue weighted by atomic mass is 16.5. The average Bonchev–Trinajstić information content (AvgIpc) is 2.95. The minimum atomic E-state index is 0.0532. The first-order valence-corrected chi connectivity index (χ1v) is 10.0. The summed E-state index contributed by atoms with van der Waals surface area (Å²) in [6.07, 6.45) is 4.29. The summed E-state index contributed by atoms with van der Waals surface area (Å²) in [5, 5.41) is 21.2. The molecule has 2 saturated heterocycles. The summed E-state index contributed by atoms with van der Waals surface area (Å²) >= 11 is 0. The Bertz CT molecular complexity index is 768. The highest BCUT2D eigenvalue weighted by Gasteiger charge is 2.40. The van der Waals surface area contributed by atoms with Gasteiger partial charge < -0.3 is 15.0 Å². The molecule has 28 heavy (non-hydrogen) atoms. The molecular formula is C21H27N5O2. The van der Waals surface area contributed by atoms with Crippen molar-refractivity contribution in [3.05, 3.63) is 29.3 Å². The highest BCUT2D eigenvalue weighted by Crippen LogP contribution is 2.30. The minimum Gasteiger partial charge on any atom is -0.491 e. The maximum absolute atomic E-state index is 12.3. The number of nitriles is 2. The van der Waals surface area contributed by atoms with E-state index in [-0.39, 0.29) is 6.03 Å². The van der Waals surface area contributed by atoms with Crippen molar-refractivity contribution in [2.24, 2.45) is 0 Å². The Morgan fingerprint density at radius 2 is 2.00 bits per heavy atom. The predicted molar refractivity (Wildman–Crippen MR) is 105 cm³/mol. The van der Waals surface area contributed by atoms with Crippen molar-refractivity contribution in [3.8, 4) is 17.9 Å². The minimum absolute atomic E-state index is 0.0532. The van der Waals surface area contributed by atoms with Crippen molar-refractivity contribution in [2.75, 3.05) is 32.8 Å². The van der Waals surface area contributed by atoms with E-state index in [0.29, 0.717) is 35.6 Å². The molecule has 148 valence electrons. The Balaban J connectivity index is 1.50. The second-order valence-electron chi connectivity index (χ2n) is 7.40. The third-order valence-electron chi connectivity index (χ3n) is 5.56. The van der Waals surface area contributed by atoms with Crippen LogP contribution in [0, 0.1) is 22.7 Å². The number of likely N-dealkylation sites (tertiary alicyclic amines) is 1. The molecular weight excluding hydrogens is 354 g/mol. The lowest BCUT2D eigenvalue weighted by molar-refractivity contribution is 0.0710. The van der Waals surface area contributed by atoms with Gasteiger partial charge in [-0.25, -0.2) is 4.79 Å². The van der Waals surface area contributed by atoms with E-state index in [2.05, 4.69) is 23.2 Å². The molecule has 0 saturated carbocycles. The summed E-state index contributed by atoms with van der Waals surface area (Å²) in [5.74, 6) is 0.516. The molecule has 2 amide bonds. The van der Waals surface area contributed by atoms with Crippen LogP contribution in [0.3, 0.4) is 0 Å². The van der Waals surface area contributed by atoms with E-state index >= 15 is 0 Å². The van der Waals surface area contributed by atoms with Gasteiger partial charge in [0.05, 0.1) is 17.2 Å². The predicted octanol–water partition coefficient (Wildman–Crippen LogP) is 2.47. The number of amides is 2. The normalized spacial score (nSPS) is 21.0. The Labute approximate surface area is 166 Å². The number of piperazine rings is 1. The molecule has 1 N–H and O–H groups in total. The standard InChI is InChI=1S/C21H27N5O2/c1-2-3-8-24-21(27)25-14-18-5-6-19(15-25)26(18)9-10-28-20-7-4-16(12-22)11-17(20)13-23/h4,7,11,18-19H,2-3,5-6,8-10,14-15H2,1H3,(H,24,27). The number of urea groups is 1. The van der Waals surface area contributed by atoms with Crippen LogP contribution in [0.2, 0.25) is 0 Å². The molecule has 1 aromatic carbocycles. The van der Waals surface area contributed by atoms with Crippen molar-refractivity contribution >= 4 is 6.03 Å². The van der Waals surface area contributed by atoms with Gasteiger partial charge in [0.1, 0.15) is 18.4 Å². The fraction of sp³-hybridized carbons (Fsp3) is 0.571. The van der Waals surface area contributed by atoms with Crippen molar-refractivity contribution in [1.82, 2.24) is 15.1 Å². The number of hydrogen-bond acceptors (Lipinski definition) is 5. The van der Waals surface area contributed by atoms with Crippen LogP contribution in [0.15, 0.2) is 18.2 Å². The SMILES string of the molecule is CCCCNC(=O)N1CC2CCC(C1)N2CCOc1ccc(C#N)cc1C#N. The third-order valence-corrected chi connectivity index (χ3v) is 5.56. The van der Waals surface area contributed by atoms with E-state index in [4.69, 9.17) is 10.00 Å². The molecule has 2 aliphatic heterocycles. The number of rotatable bonds is 7. The molecule has 2 aliphatic rings. The average molecular weight is 381 g/mol. The highest BCUT2D eigenvalue weighted by molar-refractivity contribution is 5.74. The van der Waals surface area contributed by atoms with Gasteiger partial charge in [-0.15, -0.1) is 0 Å². The van der Waals surface area contributed by atoms with Crippen LogP contribution in [0.5, 0.6) is 5.75 Å². The molecule has 0 aliphatic carbocycles. The summed E-state index contributed by atoms with van der Waals surface area (Å²) in [4.78, 5) is 16.7. The van der Waals surface area contributed by atoms with Crippen molar-refractivity contribution in [2.45, 2.75) is 44.7 Å². The van der Waals surface area contributed by atoms with Crippen LogP contribution in [-0.4, -0.2) is 60.7 Å². The van der Waals surface area contributed by atoms with Crippen LogP contribution >= 0.6 is 0 Å². The first-order chi connectivity index (χ1) is 13.7. The summed E-state index contributed by atoms with van der Waals surface area (Å²) in [5.41, 5.74) is 0.839. The van der Waals surface area contributed by atoms with Gasteiger partial charge in [-0.3, -0.25) is 4.90 Å². The quantitative estimate of drug-likeness (QED) is 0.733. The van der Waals surface area contributed by atoms with Gasteiger partial charge in [-0.05, 0) is 37.5 Å². The number of hydrogen-bond donors (Lipinski definition) is 1. The number of nitrogens with one attached hydrogen (secondary N) is 1. The maximum Gasteiger partial charge on any atom is 0.317 e. The summed E-state index contributed by atoms with van der Waals surface area (Å²) in [7, 11) is 0. The molecule has 2 heterocycles. The van der Waals surface area contributed by atoms with Crippen molar-refractivity contribution in [3.63, 3.8) is 0 Å². The van der Waals surface area contributed by atoms with E-state index in [9.17, 15) is 10.1 Å². The van der Waals surface area contributed by atoms with E-state index in [1.165, 1.54) is 0 Å². The maximum atomic E-state index is 12.3. The Morgan fingerprint density at radius 1 is 1.25 bits per heavy atom. The van der Waals surface area contributed by atoms with Gasteiger partial charge in [0.25, 0.3) is 0 Å². The van der Waals surface area contributed by atoms with Gasteiger partial charge in [0.2, 0.25) is 0 Å². The molecule has 1 aromatic rings. The van der Waals surface area contributed by atoms with Gasteiger partial charge in [-0.1, -0.05) is 13.3 Å². The fourth-order valence-electron chi connectivity index (χ4n) is 4.08. The van der Waals surface area contributed by atoms with Gasteiger partial charge in [0, 0.05) is 38.3 Å². The van der Waals surface area contributed by atoms with Gasteiger partial charge in [-0.2, -0.15) is 10.5 Å².